The molecule has 0 saturated carbocycles. The van der Waals surface area contributed by atoms with Crippen LogP contribution in [-0.2, 0) is 17.7 Å². The number of hydrogen-bond donors (Lipinski definition) is 2. The molecule has 1 atom stereocenters. The largest absolute Gasteiger partial charge is 0.375 e. The summed E-state index contributed by atoms with van der Waals surface area (Å²) < 4.78 is 5.60. The first-order valence-corrected chi connectivity index (χ1v) is 9.98. The maximum atomic E-state index is 5.60. The maximum absolute atomic E-state index is 5.60. The van der Waals surface area contributed by atoms with Gasteiger partial charge in [0.15, 0.2) is 5.96 Å². The fourth-order valence-electron chi connectivity index (χ4n) is 3.09. The Morgan fingerprint density at radius 3 is 2.83 bits per heavy atom. The molecule has 1 saturated heterocycles. The van der Waals surface area contributed by atoms with E-state index in [9.17, 15) is 0 Å². The van der Waals surface area contributed by atoms with E-state index < -0.39 is 0 Å². The number of halogens is 1. The van der Waals surface area contributed by atoms with Crippen LogP contribution in [0, 0.1) is 0 Å². The van der Waals surface area contributed by atoms with Gasteiger partial charge in [-0.3, -0.25) is 4.98 Å². The van der Waals surface area contributed by atoms with Gasteiger partial charge in [-0.2, -0.15) is 0 Å². The standard InChI is InChI=1S/C21H30N6O.HI/c1-3-22-21(24-11-9-19-6-4-5-10-23-19)26-15-18-7-8-20(25-14-18)27-12-13-28-17(2)16-27;/h4-8,10,14,17H,3,9,11-13,15-16H2,1-2H3,(H2,22,24,26);1H. The van der Waals surface area contributed by atoms with Crippen molar-refractivity contribution in [1.29, 1.82) is 0 Å². The van der Waals surface area contributed by atoms with Gasteiger partial charge in [0.05, 0.1) is 19.3 Å². The Hall–Kier alpha value is -1.94. The van der Waals surface area contributed by atoms with E-state index in [4.69, 9.17) is 4.74 Å². The summed E-state index contributed by atoms with van der Waals surface area (Å²) in [4.78, 5) is 15.9. The summed E-state index contributed by atoms with van der Waals surface area (Å²) in [6.07, 6.45) is 4.85. The third kappa shape index (κ3) is 7.77. The van der Waals surface area contributed by atoms with E-state index in [1.807, 2.05) is 30.6 Å². The van der Waals surface area contributed by atoms with E-state index >= 15 is 0 Å². The summed E-state index contributed by atoms with van der Waals surface area (Å²) in [5, 5.41) is 6.65. The second-order valence-electron chi connectivity index (χ2n) is 6.85. The Balaban J connectivity index is 0.00000300. The Labute approximate surface area is 190 Å². The third-order valence-corrected chi connectivity index (χ3v) is 4.54. The van der Waals surface area contributed by atoms with Gasteiger partial charge in [-0.1, -0.05) is 12.1 Å². The lowest BCUT2D eigenvalue weighted by molar-refractivity contribution is 0.0529. The van der Waals surface area contributed by atoms with Gasteiger partial charge in [0.2, 0.25) is 0 Å². The summed E-state index contributed by atoms with van der Waals surface area (Å²) in [5.41, 5.74) is 2.16. The molecule has 1 aliphatic heterocycles. The van der Waals surface area contributed by atoms with Crippen LogP contribution in [0.15, 0.2) is 47.7 Å². The molecule has 0 radical (unpaired) electrons. The highest BCUT2D eigenvalue weighted by molar-refractivity contribution is 14.0. The third-order valence-electron chi connectivity index (χ3n) is 4.54. The zero-order chi connectivity index (χ0) is 19.6. The van der Waals surface area contributed by atoms with Crippen molar-refractivity contribution in [3.05, 3.63) is 54.0 Å². The van der Waals surface area contributed by atoms with Gasteiger partial charge >= 0.3 is 0 Å². The molecule has 0 bridgehead atoms. The number of aliphatic imine (C=N–C) groups is 1. The summed E-state index contributed by atoms with van der Waals surface area (Å²) in [5.74, 6) is 1.81. The molecular formula is C21H31IN6O. The zero-order valence-electron chi connectivity index (χ0n) is 17.2. The molecule has 3 rings (SSSR count). The number of guanidine groups is 1. The number of rotatable bonds is 7. The smallest absolute Gasteiger partial charge is 0.191 e. The van der Waals surface area contributed by atoms with E-state index in [1.54, 1.807) is 0 Å². The first-order chi connectivity index (χ1) is 13.7. The molecule has 3 heterocycles. The van der Waals surface area contributed by atoms with Crippen LogP contribution in [-0.4, -0.2) is 54.8 Å². The maximum Gasteiger partial charge on any atom is 0.191 e. The molecule has 7 nitrogen and oxygen atoms in total. The van der Waals surface area contributed by atoms with Crippen molar-refractivity contribution >= 4 is 35.8 Å². The molecule has 2 aromatic rings. The highest BCUT2D eigenvalue weighted by Gasteiger charge is 2.17. The van der Waals surface area contributed by atoms with Crippen LogP contribution in [0.3, 0.4) is 0 Å². The number of nitrogens with zero attached hydrogens (tertiary/aromatic N) is 4. The molecule has 2 aromatic heterocycles. The molecule has 0 aromatic carbocycles. The van der Waals surface area contributed by atoms with Crippen LogP contribution in [0.4, 0.5) is 5.82 Å². The molecule has 29 heavy (non-hydrogen) atoms. The number of ether oxygens (including phenoxy) is 1. The molecule has 8 heteroatoms. The predicted octanol–water partition coefficient (Wildman–Crippen LogP) is 2.62. The number of anilines is 1. The topological polar surface area (TPSA) is 74.7 Å². The van der Waals surface area contributed by atoms with Crippen LogP contribution < -0.4 is 15.5 Å². The Morgan fingerprint density at radius 1 is 1.24 bits per heavy atom. The van der Waals surface area contributed by atoms with Crippen LogP contribution >= 0.6 is 24.0 Å². The highest BCUT2D eigenvalue weighted by Crippen LogP contribution is 2.15. The summed E-state index contributed by atoms with van der Waals surface area (Å²) >= 11 is 0. The second-order valence-corrected chi connectivity index (χ2v) is 6.85. The van der Waals surface area contributed by atoms with E-state index in [1.165, 1.54) is 0 Å². The zero-order valence-corrected chi connectivity index (χ0v) is 19.5. The number of morpholine rings is 1. The molecule has 1 aliphatic rings. The van der Waals surface area contributed by atoms with Crippen LogP contribution in [0.1, 0.15) is 25.1 Å². The van der Waals surface area contributed by atoms with Crippen LogP contribution in [0.25, 0.3) is 0 Å². The Bertz CT molecular complexity index is 741. The normalized spacial score (nSPS) is 16.8. The van der Waals surface area contributed by atoms with Crippen molar-refractivity contribution in [2.24, 2.45) is 4.99 Å². The average molecular weight is 510 g/mol. The van der Waals surface area contributed by atoms with Gasteiger partial charge in [-0.05, 0) is 37.6 Å². The molecule has 1 unspecified atom stereocenters. The van der Waals surface area contributed by atoms with Gasteiger partial charge < -0.3 is 20.3 Å². The lowest BCUT2D eigenvalue weighted by Crippen LogP contribution is -2.41. The van der Waals surface area contributed by atoms with Crippen molar-refractivity contribution < 1.29 is 4.74 Å². The minimum atomic E-state index is 0. The minimum Gasteiger partial charge on any atom is -0.375 e. The fraction of sp³-hybridized carbons (Fsp3) is 0.476. The molecule has 2 N–H and O–H groups in total. The minimum absolute atomic E-state index is 0. The fourth-order valence-corrected chi connectivity index (χ4v) is 3.09. The van der Waals surface area contributed by atoms with Crippen molar-refractivity contribution in [1.82, 2.24) is 20.6 Å². The van der Waals surface area contributed by atoms with Gasteiger partial charge in [-0.15, -0.1) is 24.0 Å². The number of pyridine rings is 2. The monoisotopic (exact) mass is 510 g/mol. The average Bonchev–Trinajstić information content (AvgIpc) is 2.73. The molecule has 0 spiro atoms. The van der Waals surface area contributed by atoms with E-state index in [0.717, 1.165) is 62.2 Å². The summed E-state index contributed by atoms with van der Waals surface area (Å²) in [6, 6.07) is 10.2. The van der Waals surface area contributed by atoms with E-state index in [0.29, 0.717) is 6.54 Å². The second kappa shape index (κ2) is 12.6. The SMILES string of the molecule is CCNC(=NCc1ccc(N2CCOC(C)C2)nc1)NCCc1ccccn1.I. The lowest BCUT2D eigenvalue weighted by atomic mass is 10.2. The molecule has 1 fully saturated rings. The van der Waals surface area contributed by atoms with Crippen LogP contribution in [0.5, 0.6) is 0 Å². The molecule has 0 aliphatic carbocycles. The van der Waals surface area contributed by atoms with Gasteiger partial charge in [0.1, 0.15) is 5.82 Å². The molecule has 158 valence electrons. The van der Waals surface area contributed by atoms with Gasteiger partial charge in [-0.25, -0.2) is 9.98 Å². The summed E-state index contributed by atoms with van der Waals surface area (Å²) in [6.45, 7) is 8.89. The van der Waals surface area contributed by atoms with Gasteiger partial charge in [0.25, 0.3) is 0 Å². The quantitative estimate of drug-likeness (QED) is 0.339. The number of hydrogen-bond acceptors (Lipinski definition) is 5. The lowest BCUT2D eigenvalue weighted by Gasteiger charge is -2.32. The van der Waals surface area contributed by atoms with Crippen molar-refractivity contribution in [2.45, 2.75) is 32.9 Å². The molecular weight excluding hydrogens is 479 g/mol. The van der Waals surface area contributed by atoms with Gasteiger partial charge in [0, 0.05) is 50.7 Å². The van der Waals surface area contributed by atoms with Crippen LogP contribution in [0.2, 0.25) is 0 Å². The number of nitrogens with one attached hydrogen (secondary N) is 2. The van der Waals surface area contributed by atoms with E-state index in [-0.39, 0.29) is 30.1 Å². The predicted molar refractivity (Wildman–Crippen MR) is 128 cm³/mol. The summed E-state index contributed by atoms with van der Waals surface area (Å²) in [7, 11) is 0. The first-order valence-electron chi connectivity index (χ1n) is 9.98. The Kier molecular flexibility index (Phi) is 10.1. The molecule has 0 amide bonds. The van der Waals surface area contributed by atoms with Crippen molar-refractivity contribution in [3.63, 3.8) is 0 Å². The van der Waals surface area contributed by atoms with Crippen molar-refractivity contribution in [3.8, 4) is 0 Å². The van der Waals surface area contributed by atoms with E-state index in [2.05, 4.69) is 56.5 Å². The number of aromatic nitrogens is 2. The Morgan fingerprint density at radius 2 is 2.14 bits per heavy atom. The first kappa shape index (κ1) is 23.3. The van der Waals surface area contributed by atoms with Crippen molar-refractivity contribution in [2.75, 3.05) is 37.7 Å². The highest BCUT2D eigenvalue weighted by atomic mass is 127.